The molecule has 0 N–H and O–H groups in total. The van der Waals surface area contributed by atoms with E-state index in [1.165, 1.54) is 0 Å². The molecule has 1 fully saturated rings. The average molecular weight is 99.2 g/mol. The van der Waals surface area contributed by atoms with Crippen LogP contribution in [0.3, 0.4) is 0 Å². The van der Waals surface area contributed by atoms with Gasteiger partial charge in [-0.1, -0.05) is 6.92 Å². The fourth-order valence-electron chi connectivity index (χ4n) is 0.635. The van der Waals surface area contributed by atoms with Crippen LogP contribution in [-0.2, 0) is 4.74 Å². The van der Waals surface area contributed by atoms with Gasteiger partial charge < -0.3 is 4.74 Å². The molecule has 0 saturated heterocycles. The van der Waals surface area contributed by atoms with Crippen LogP contribution in [0.4, 0.5) is 0 Å². The lowest BCUT2D eigenvalue weighted by molar-refractivity contribution is 0.129. The van der Waals surface area contributed by atoms with Gasteiger partial charge in [0.2, 0.25) is 0 Å². The molecule has 41 valence electrons. The van der Waals surface area contributed by atoms with Crippen molar-refractivity contribution in [3.63, 3.8) is 0 Å². The van der Waals surface area contributed by atoms with Crippen molar-refractivity contribution in [2.75, 3.05) is 6.61 Å². The lowest BCUT2D eigenvalue weighted by atomic mass is 10.5. The molecule has 1 aliphatic carbocycles. The summed E-state index contributed by atoms with van der Waals surface area (Å²) in [6.07, 6.45) is 2.69. The highest BCUT2D eigenvalue weighted by atomic mass is 16.5. The molecule has 1 rings (SSSR count). The molecule has 1 saturated carbocycles. The summed E-state index contributed by atoms with van der Waals surface area (Å²) >= 11 is 0. The first-order chi connectivity index (χ1) is 3.34. The highest BCUT2D eigenvalue weighted by Crippen LogP contribution is 2.30. The van der Waals surface area contributed by atoms with E-state index in [2.05, 4.69) is 13.3 Å². The topological polar surface area (TPSA) is 9.23 Å². The van der Waals surface area contributed by atoms with Crippen molar-refractivity contribution in [1.82, 2.24) is 0 Å². The SMILES string of the molecule is CCO[C@H]1[CH][C@@H]1C. The van der Waals surface area contributed by atoms with E-state index in [4.69, 9.17) is 4.74 Å². The van der Waals surface area contributed by atoms with Gasteiger partial charge in [0.25, 0.3) is 0 Å². The van der Waals surface area contributed by atoms with Gasteiger partial charge in [0.05, 0.1) is 6.10 Å². The van der Waals surface area contributed by atoms with Crippen LogP contribution in [0.25, 0.3) is 0 Å². The van der Waals surface area contributed by atoms with Crippen molar-refractivity contribution in [3.8, 4) is 0 Å². The Kier molecular flexibility index (Phi) is 1.33. The highest BCUT2D eigenvalue weighted by molar-refractivity contribution is 5.04. The van der Waals surface area contributed by atoms with E-state index in [1.54, 1.807) is 0 Å². The number of rotatable bonds is 2. The summed E-state index contributed by atoms with van der Waals surface area (Å²) in [7, 11) is 0. The summed E-state index contributed by atoms with van der Waals surface area (Å²) in [5.74, 6) is 0.722. The minimum atomic E-state index is 0.491. The van der Waals surface area contributed by atoms with Gasteiger partial charge in [0.15, 0.2) is 0 Å². The molecule has 0 aromatic carbocycles. The fraction of sp³-hybridized carbons (Fsp3) is 0.833. The van der Waals surface area contributed by atoms with Crippen molar-refractivity contribution in [1.29, 1.82) is 0 Å². The van der Waals surface area contributed by atoms with Crippen LogP contribution in [-0.4, -0.2) is 12.7 Å². The lowest BCUT2D eigenvalue weighted by Gasteiger charge is -1.92. The molecule has 0 aromatic heterocycles. The number of hydrogen-bond donors (Lipinski definition) is 0. The van der Waals surface area contributed by atoms with Crippen LogP contribution >= 0.6 is 0 Å². The summed E-state index contributed by atoms with van der Waals surface area (Å²) in [6, 6.07) is 0. The second-order valence-corrected chi connectivity index (χ2v) is 1.97. The van der Waals surface area contributed by atoms with Gasteiger partial charge in [0.1, 0.15) is 0 Å². The van der Waals surface area contributed by atoms with Crippen molar-refractivity contribution in [3.05, 3.63) is 6.42 Å². The standard InChI is InChI=1S/C6H11O/c1-3-7-6-4-5(6)2/h4-6H,3H2,1-2H3/t5-,6-/m0/s1. The molecule has 7 heavy (non-hydrogen) atoms. The largest absolute Gasteiger partial charge is 0.378 e. The van der Waals surface area contributed by atoms with Gasteiger partial charge in [-0.15, -0.1) is 0 Å². The molecular formula is C6H11O. The number of hydrogen-bond acceptors (Lipinski definition) is 1. The minimum absolute atomic E-state index is 0.491. The Morgan fingerprint density at radius 1 is 1.71 bits per heavy atom. The van der Waals surface area contributed by atoms with Crippen molar-refractivity contribution >= 4 is 0 Å². The van der Waals surface area contributed by atoms with E-state index < -0.39 is 0 Å². The first-order valence-electron chi connectivity index (χ1n) is 2.81. The quantitative estimate of drug-likeness (QED) is 0.506. The van der Waals surface area contributed by atoms with Gasteiger partial charge in [-0.3, -0.25) is 0 Å². The molecule has 0 spiro atoms. The van der Waals surface area contributed by atoms with E-state index in [-0.39, 0.29) is 0 Å². The predicted molar refractivity (Wildman–Crippen MR) is 28.9 cm³/mol. The molecule has 0 heterocycles. The molecule has 0 unspecified atom stereocenters. The summed E-state index contributed by atoms with van der Waals surface area (Å²) in [4.78, 5) is 0. The molecule has 1 heteroatoms. The summed E-state index contributed by atoms with van der Waals surface area (Å²) < 4.78 is 5.21. The van der Waals surface area contributed by atoms with E-state index in [0.717, 1.165) is 12.5 Å². The smallest absolute Gasteiger partial charge is 0.0639 e. The van der Waals surface area contributed by atoms with Crippen LogP contribution in [0.1, 0.15) is 13.8 Å². The van der Waals surface area contributed by atoms with Gasteiger partial charge in [-0.25, -0.2) is 0 Å². The minimum Gasteiger partial charge on any atom is -0.378 e. The molecule has 2 atom stereocenters. The Morgan fingerprint density at radius 2 is 2.29 bits per heavy atom. The lowest BCUT2D eigenvalue weighted by Crippen LogP contribution is -1.92. The zero-order valence-corrected chi connectivity index (χ0v) is 4.85. The first-order valence-corrected chi connectivity index (χ1v) is 2.81. The second-order valence-electron chi connectivity index (χ2n) is 1.97. The molecule has 0 bridgehead atoms. The maximum atomic E-state index is 5.21. The molecule has 1 nitrogen and oxygen atoms in total. The number of ether oxygens (including phenoxy) is 1. The van der Waals surface area contributed by atoms with Crippen LogP contribution < -0.4 is 0 Å². The zero-order valence-electron chi connectivity index (χ0n) is 4.85. The van der Waals surface area contributed by atoms with Gasteiger partial charge in [0, 0.05) is 6.61 Å². The summed E-state index contributed by atoms with van der Waals surface area (Å²) in [6.45, 7) is 5.05. The Hall–Kier alpha value is -0.0400. The maximum absolute atomic E-state index is 5.21. The average Bonchev–Trinajstić information content (AvgIpc) is 2.22. The zero-order chi connectivity index (χ0) is 5.28. The third-order valence-corrected chi connectivity index (χ3v) is 1.23. The fourth-order valence-corrected chi connectivity index (χ4v) is 0.635. The van der Waals surface area contributed by atoms with Gasteiger partial charge in [-0.05, 0) is 19.3 Å². The van der Waals surface area contributed by atoms with E-state index >= 15 is 0 Å². The molecular weight excluding hydrogens is 88.1 g/mol. The van der Waals surface area contributed by atoms with Crippen molar-refractivity contribution < 1.29 is 4.74 Å². The van der Waals surface area contributed by atoms with E-state index in [9.17, 15) is 0 Å². The first kappa shape index (κ1) is 5.10. The monoisotopic (exact) mass is 99.1 g/mol. The van der Waals surface area contributed by atoms with Crippen LogP contribution in [0.15, 0.2) is 0 Å². The van der Waals surface area contributed by atoms with E-state index in [0.29, 0.717) is 6.10 Å². The second kappa shape index (κ2) is 1.83. The Morgan fingerprint density at radius 3 is 2.43 bits per heavy atom. The molecule has 0 aliphatic heterocycles. The highest BCUT2D eigenvalue weighted by Gasteiger charge is 2.33. The molecule has 1 radical (unpaired) electrons. The van der Waals surface area contributed by atoms with Crippen molar-refractivity contribution in [2.45, 2.75) is 20.0 Å². The van der Waals surface area contributed by atoms with Gasteiger partial charge >= 0.3 is 0 Å². The van der Waals surface area contributed by atoms with Crippen LogP contribution in [0.2, 0.25) is 0 Å². The normalized spacial score (nSPS) is 38.6. The Bertz CT molecular complexity index is 61.2. The van der Waals surface area contributed by atoms with Crippen molar-refractivity contribution in [2.24, 2.45) is 5.92 Å². The Balaban J connectivity index is 1.98. The summed E-state index contributed by atoms with van der Waals surface area (Å²) in [5, 5.41) is 0. The third-order valence-electron chi connectivity index (χ3n) is 1.23. The maximum Gasteiger partial charge on any atom is 0.0639 e. The third kappa shape index (κ3) is 1.16. The Labute approximate surface area is 44.7 Å². The molecule has 0 amide bonds. The van der Waals surface area contributed by atoms with Gasteiger partial charge in [-0.2, -0.15) is 0 Å². The molecule has 0 aromatic rings. The van der Waals surface area contributed by atoms with Crippen LogP contribution in [0.5, 0.6) is 0 Å². The summed E-state index contributed by atoms with van der Waals surface area (Å²) in [5.41, 5.74) is 0. The molecule has 1 aliphatic rings. The van der Waals surface area contributed by atoms with E-state index in [1.807, 2.05) is 6.92 Å². The van der Waals surface area contributed by atoms with Crippen LogP contribution in [0, 0.1) is 12.3 Å². The predicted octanol–water partition coefficient (Wildman–Crippen LogP) is 1.25.